The van der Waals surface area contributed by atoms with E-state index in [2.05, 4.69) is 32.0 Å². The highest BCUT2D eigenvalue weighted by Crippen LogP contribution is 2.40. The fraction of sp³-hybridized carbons (Fsp3) is 0.793. The third kappa shape index (κ3) is 9.29. The Bertz CT molecular complexity index is 643. The van der Waals surface area contributed by atoms with Crippen LogP contribution in [0.25, 0.3) is 0 Å². The Morgan fingerprint density at radius 1 is 0.824 bits per heavy atom. The molecule has 0 heterocycles. The molecule has 0 spiro atoms. The van der Waals surface area contributed by atoms with Crippen LogP contribution in [0.4, 0.5) is 0 Å². The Hall–Kier alpha value is -0.883. The van der Waals surface area contributed by atoms with Crippen LogP contribution in [-0.4, -0.2) is 35.2 Å². The largest absolute Gasteiger partial charge is 0.501 e. The smallest absolute Gasteiger partial charge is 0.493 e. The SMILES string of the molecule is CCCCC(CCC)c1ccc(OCCC[Si](OCC)(OCC)OCC)c(C2CCCCC2)c1. The van der Waals surface area contributed by atoms with Gasteiger partial charge in [0.25, 0.3) is 0 Å². The zero-order valence-corrected chi connectivity index (χ0v) is 23.8. The van der Waals surface area contributed by atoms with E-state index < -0.39 is 8.80 Å². The molecule has 1 aliphatic carbocycles. The van der Waals surface area contributed by atoms with Crippen molar-refractivity contribution in [2.24, 2.45) is 0 Å². The zero-order valence-electron chi connectivity index (χ0n) is 22.8. The van der Waals surface area contributed by atoms with Gasteiger partial charge in [-0.1, -0.05) is 64.5 Å². The van der Waals surface area contributed by atoms with Crippen molar-refractivity contribution in [3.63, 3.8) is 0 Å². The summed E-state index contributed by atoms with van der Waals surface area (Å²) >= 11 is 0. The summed E-state index contributed by atoms with van der Waals surface area (Å²) in [6, 6.07) is 7.93. The Balaban J connectivity index is 2.13. The van der Waals surface area contributed by atoms with Gasteiger partial charge in [0.05, 0.1) is 6.61 Å². The third-order valence-corrected chi connectivity index (χ3v) is 10.2. The molecule has 4 nitrogen and oxygen atoms in total. The van der Waals surface area contributed by atoms with Crippen molar-refractivity contribution in [2.45, 2.75) is 123 Å². The summed E-state index contributed by atoms with van der Waals surface area (Å²) < 4.78 is 24.5. The van der Waals surface area contributed by atoms with Crippen LogP contribution < -0.4 is 4.74 Å². The molecule has 0 aliphatic heterocycles. The highest BCUT2D eigenvalue weighted by Gasteiger charge is 2.39. The Kier molecular flexibility index (Phi) is 14.4. The number of unbranched alkanes of at least 4 members (excludes halogenated alkanes) is 1. The number of ether oxygens (including phenoxy) is 1. The maximum absolute atomic E-state index is 6.45. The first kappa shape index (κ1) is 29.3. The molecule has 0 bridgehead atoms. The van der Waals surface area contributed by atoms with E-state index >= 15 is 0 Å². The minimum Gasteiger partial charge on any atom is -0.493 e. The molecule has 0 saturated heterocycles. The Labute approximate surface area is 211 Å². The van der Waals surface area contributed by atoms with Gasteiger partial charge in [0, 0.05) is 25.9 Å². The second-order valence-electron chi connectivity index (χ2n) is 9.69. The van der Waals surface area contributed by atoms with Crippen LogP contribution in [0.3, 0.4) is 0 Å². The van der Waals surface area contributed by atoms with Crippen LogP contribution in [-0.2, 0) is 13.3 Å². The first-order valence-electron chi connectivity index (χ1n) is 14.3. The first-order valence-corrected chi connectivity index (χ1v) is 16.2. The molecule has 1 aromatic carbocycles. The van der Waals surface area contributed by atoms with Gasteiger partial charge in [0.15, 0.2) is 0 Å². The minimum atomic E-state index is -2.61. The first-order chi connectivity index (χ1) is 16.6. The lowest BCUT2D eigenvalue weighted by atomic mass is 9.81. The molecule has 5 heteroatoms. The monoisotopic (exact) mass is 492 g/mol. The van der Waals surface area contributed by atoms with Gasteiger partial charge in [-0.15, -0.1) is 0 Å². The molecule has 0 aromatic heterocycles. The summed E-state index contributed by atoms with van der Waals surface area (Å²) in [5, 5.41) is 0. The van der Waals surface area contributed by atoms with Gasteiger partial charge < -0.3 is 18.0 Å². The van der Waals surface area contributed by atoms with Crippen LogP contribution >= 0.6 is 0 Å². The molecule has 1 aliphatic rings. The van der Waals surface area contributed by atoms with Crippen LogP contribution in [0, 0.1) is 0 Å². The lowest BCUT2D eigenvalue weighted by Crippen LogP contribution is -2.46. The molecule has 0 N–H and O–H groups in total. The van der Waals surface area contributed by atoms with Gasteiger partial charge in [0.1, 0.15) is 5.75 Å². The quantitative estimate of drug-likeness (QED) is 0.152. The topological polar surface area (TPSA) is 36.9 Å². The van der Waals surface area contributed by atoms with E-state index in [1.807, 2.05) is 20.8 Å². The minimum absolute atomic E-state index is 0.622. The lowest BCUT2D eigenvalue weighted by molar-refractivity contribution is 0.0696. The van der Waals surface area contributed by atoms with Crippen molar-refractivity contribution >= 4 is 8.80 Å². The molecule has 1 aromatic rings. The van der Waals surface area contributed by atoms with Crippen LogP contribution in [0.5, 0.6) is 5.75 Å². The van der Waals surface area contributed by atoms with Crippen molar-refractivity contribution < 1.29 is 18.0 Å². The lowest BCUT2D eigenvalue weighted by Gasteiger charge is -2.29. The van der Waals surface area contributed by atoms with Crippen molar-refractivity contribution in [3.8, 4) is 5.75 Å². The van der Waals surface area contributed by atoms with Crippen LogP contribution in [0.2, 0.25) is 6.04 Å². The van der Waals surface area contributed by atoms with Crippen LogP contribution in [0.1, 0.15) is 128 Å². The summed E-state index contributed by atoms with van der Waals surface area (Å²) in [7, 11) is -2.61. The zero-order chi connectivity index (χ0) is 24.7. The number of hydrogen-bond donors (Lipinski definition) is 0. The summed E-state index contributed by atoms with van der Waals surface area (Å²) in [5.41, 5.74) is 2.98. The van der Waals surface area contributed by atoms with E-state index in [0.717, 1.165) is 18.2 Å². The van der Waals surface area contributed by atoms with Crippen LogP contribution in [0.15, 0.2) is 18.2 Å². The fourth-order valence-corrected chi connectivity index (χ4v) is 8.01. The van der Waals surface area contributed by atoms with Crippen molar-refractivity contribution in [1.29, 1.82) is 0 Å². The summed E-state index contributed by atoms with van der Waals surface area (Å²) in [6.45, 7) is 13.2. The van der Waals surface area contributed by atoms with Crippen molar-refractivity contribution in [3.05, 3.63) is 29.3 Å². The van der Waals surface area contributed by atoms with E-state index in [-0.39, 0.29) is 0 Å². The van der Waals surface area contributed by atoms with Gasteiger partial charge in [-0.25, -0.2) is 0 Å². The second-order valence-corrected chi connectivity index (χ2v) is 12.4. The predicted molar refractivity (Wildman–Crippen MR) is 145 cm³/mol. The summed E-state index contributed by atoms with van der Waals surface area (Å²) in [6.07, 6.45) is 13.9. The molecule has 34 heavy (non-hydrogen) atoms. The molecule has 196 valence electrons. The van der Waals surface area contributed by atoms with Crippen molar-refractivity contribution in [1.82, 2.24) is 0 Å². The molecule has 1 unspecified atom stereocenters. The number of benzene rings is 1. The van der Waals surface area contributed by atoms with E-state index in [4.69, 9.17) is 18.0 Å². The standard InChI is InChI=1S/C29H52O4Si/c1-6-11-17-25(16-7-2)27-20-21-29(28(24-27)26-18-13-12-14-19-26)30-22-15-23-34(31-8-3,32-9-4)33-10-5/h20-21,24-26H,6-19,22-23H2,1-5H3. The highest BCUT2D eigenvalue weighted by molar-refractivity contribution is 6.60. The Morgan fingerprint density at radius 2 is 1.50 bits per heavy atom. The Morgan fingerprint density at radius 3 is 2.09 bits per heavy atom. The molecular weight excluding hydrogens is 440 g/mol. The summed E-state index contributed by atoms with van der Waals surface area (Å²) in [5.74, 6) is 2.41. The predicted octanol–water partition coefficient (Wildman–Crippen LogP) is 8.63. The molecule has 1 saturated carbocycles. The fourth-order valence-electron chi connectivity index (χ4n) is 5.43. The maximum Gasteiger partial charge on any atom is 0.501 e. The van der Waals surface area contributed by atoms with E-state index in [1.54, 1.807) is 0 Å². The molecule has 0 amide bonds. The third-order valence-electron chi connectivity index (χ3n) is 7.07. The van der Waals surface area contributed by atoms with Gasteiger partial charge in [0.2, 0.25) is 0 Å². The van der Waals surface area contributed by atoms with Crippen molar-refractivity contribution in [2.75, 3.05) is 26.4 Å². The number of hydrogen-bond acceptors (Lipinski definition) is 4. The molecule has 1 atom stereocenters. The van der Waals surface area contributed by atoms with E-state index in [1.165, 1.54) is 75.3 Å². The molecule has 2 rings (SSSR count). The van der Waals surface area contributed by atoms with Gasteiger partial charge in [-0.3, -0.25) is 0 Å². The van der Waals surface area contributed by atoms with E-state index in [9.17, 15) is 0 Å². The molecular formula is C29H52O4Si. The normalized spacial score (nSPS) is 16.0. The number of rotatable bonds is 18. The average molecular weight is 493 g/mol. The molecule has 1 fully saturated rings. The van der Waals surface area contributed by atoms with E-state index in [0.29, 0.717) is 38.3 Å². The van der Waals surface area contributed by atoms with Gasteiger partial charge in [-0.05, 0) is 81.9 Å². The van der Waals surface area contributed by atoms with Gasteiger partial charge in [-0.2, -0.15) is 0 Å². The highest BCUT2D eigenvalue weighted by atomic mass is 28.4. The molecule has 0 radical (unpaired) electrons. The second kappa shape index (κ2) is 16.7. The average Bonchev–Trinajstić information content (AvgIpc) is 2.85. The van der Waals surface area contributed by atoms with Gasteiger partial charge >= 0.3 is 8.80 Å². The maximum atomic E-state index is 6.45. The summed E-state index contributed by atoms with van der Waals surface area (Å²) in [4.78, 5) is 0.